The Morgan fingerprint density at radius 3 is 2.26 bits per heavy atom. The van der Waals surface area contributed by atoms with Gasteiger partial charge in [-0.15, -0.1) is 0 Å². The number of benzene rings is 1. The number of amides is 1. The Hall–Kier alpha value is -0.940. The van der Waals surface area contributed by atoms with Crippen molar-refractivity contribution in [2.24, 2.45) is 0 Å². The van der Waals surface area contributed by atoms with Crippen LogP contribution in [-0.4, -0.2) is 104 Å². The maximum absolute atomic E-state index is 12.9. The van der Waals surface area contributed by atoms with Crippen molar-refractivity contribution in [1.29, 1.82) is 0 Å². The van der Waals surface area contributed by atoms with Crippen LogP contribution in [0, 0.1) is 0 Å². The summed E-state index contributed by atoms with van der Waals surface area (Å²) in [6.45, 7) is 5.42. The molecule has 8 nitrogen and oxygen atoms in total. The van der Waals surface area contributed by atoms with Crippen LogP contribution in [0.4, 0.5) is 0 Å². The number of likely N-dealkylation sites (N-methyl/N-ethyl adjacent to an activating group) is 3. The molecule has 0 saturated heterocycles. The van der Waals surface area contributed by atoms with Crippen LogP contribution < -0.4 is 4.74 Å². The van der Waals surface area contributed by atoms with E-state index in [0.717, 1.165) is 45.4 Å². The molecule has 0 spiro atoms. The lowest BCUT2D eigenvalue weighted by atomic mass is 9.92. The zero-order valence-electron chi connectivity index (χ0n) is 21.4. The molecular weight excluding hydrogens is 513 g/mol. The third-order valence-electron chi connectivity index (χ3n) is 6.39. The Morgan fingerprint density at radius 2 is 1.69 bits per heavy atom. The van der Waals surface area contributed by atoms with Gasteiger partial charge >= 0.3 is 0 Å². The molecule has 0 aliphatic heterocycles. The SMILES string of the molecule is CCN(C)CCOC1CCC(N(C)C(=O)COCCN(C)S(=O)c2c(Cl)cc(OC)cc2Cl)CC1. The van der Waals surface area contributed by atoms with Gasteiger partial charge in [0.2, 0.25) is 5.91 Å². The summed E-state index contributed by atoms with van der Waals surface area (Å²) >= 11 is 12.5. The van der Waals surface area contributed by atoms with Crippen LogP contribution in [0.25, 0.3) is 0 Å². The normalized spacial score (nSPS) is 19.2. The lowest BCUT2D eigenvalue weighted by Gasteiger charge is -2.34. The molecule has 1 fully saturated rings. The summed E-state index contributed by atoms with van der Waals surface area (Å²) in [7, 11) is 5.55. The molecule has 1 amide bonds. The highest BCUT2D eigenvalue weighted by Gasteiger charge is 2.27. The van der Waals surface area contributed by atoms with E-state index >= 15 is 0 Å². The topological polar surface area (TPSA) is 71.6 Å². The number of carbonyl (C=O) groups is 1. The first-order valence-corrected chi connectivity index (χ1v) is 13.8. The molecule has 0 heterocycles. The van der Waals surface area contributed by atoms with E-state index in [0.29, 0.717) is 17.2 Å². The average Bonchev–Trinajstić information content (AvgIpc) is 2.85. The van der Waals surface area contributed by atoms with E-state index in [-0.39, 0.29) is 41.3 Å². The molecule has 0 N–H and O–H groups in total. The minimum absolute atomic E-state index is 0.0131. The molecule has 0 radical (unpaired) electrons. The van der Waals surface area contributed by atoms with Gasteiger partial charge in [0, 0.05) is 45.4 Å². The van der Waals surface area contributed by atoms with Crippen molar-refractivity contribution in [3.8, 4) is 5.75 Å². The van der Waals surface area contributed by atoms with Crippen LogP contribution >= 0.6 is 23.2 Å². The van der Waals surface area contributed by atoms with Crippen molar-refractivity contribution >= 4 is 40.1 Å². The summed E-state index contributed by atoms with van der Waals surface area (Å²) < 4.78 is 31.1. The first-order valence-electron chi connectivity index (χ1n) is 12.0. The summed E-state index contributed by atoms with van der Waals surface area (Å²) in [5.41, 5.74) is 0. The van der Waals surface area contributed by atoms with E-state index < -0.39 is 11.0 Å². The molecule has 0 aromatic heterocycles. The van der Waals surface area contributed by atoms with Gasteiger partial charge < -0.3 is 24.0 Å². The Kier molecular flexibility index (Phi) is 13.3. The fourth-order valence-corrected chi connectivity index (χ4v) is 5.72. The van der Waals surface area contributed by atoms with E-state index in [4.69, 9.17) is 37.4 Å². The van der Waals surface area contributed by atoms with E-state index in [2.05, 4.69) is 18.9 Å². The number of halogens is 2. The van der Waals surface area contributed by atoms with Crippen LogP contribution in [0.1, 0.15) is 32.6 Å². The van der Waals surface area contributed by atoms with Gasteiger partial charge in [0.1, 0.15) is 23.3 Å². The van der Waals surface area contributed by atoms with Gasteiger partial charge in [-0.2, -0.15) is 0 Å². The van der Waals surface area contributed by atoms with Gasteiger partial charge in [-0.05, 0) is 39.3 Å². The van der Waals surface area contributed by atoms with E-state index in [1.54, 1.807) is 28.4 Å². The predicted octanol–water partition coefficient (Wildman–Crippen LogP) is 3.71. The molecule has 1 aliphatic carbocycles. The number of methoxy groups -OCH3 is 1. The first-order chi connectivity index (χ1) is 16.7. The Labute approximate surface area is 222 Å². The van der Waals surface area contributed by atoms with Crippen LogP contribution in [0.3, 0.4) is 0 Å². The van der Waals surface area contributed by atoms with Gasteiger partial charge in [0.05, 0.1) is 41.4 Å². The molecule has 1 aliphatic rings. The van der Waals surface area contributed by atoms with Gasteiger partial charge in [0.25, 0.3) is 0 Å². The minimum atomic E-state index is -1.57. The quantitative estimate of drug-likeness (QED) is 0.328. The molecule has 1 saturated carbocycles. The lowest BCUT2D eigenvalue weighted by Crippen LogP contribution is -2.42. The van der Waals surface area contributed by atoms with Crippen molar-refractivity contribution in [3.63, 3.8) is 0 Å². The second kappa shape index (κ2) is 15.3. The summed E-state index contributed by atoms with van der Waals surface area (Å²) in [5.74, 6) is 0.444. The minimum Gasteiger partial charge on any atom is -0.497 e. The molecule has 200 valence electrons. The second-order valence-electron chi connectivity index (χ2n) is 8.78. The summed E-state index contributed by atoms with van der Waals surface area (Å²) in [6.07, 6.45) is 4.07. The second-order valence-corrected chi connectivity index (χ2v) is 11.1. The molecule has 1 aromatic rings. The fraction of sp³-hybridized carbons (Fsp3) is 0.708. The smallest absolute Gasteiger partial charge is 0.248 e. The highest BCUT2D eigenvalue weighted by atomic mass is 35.5. The van der Waals surface area contributed by atoms with Crippen LogP contribution in [0.15, 0.2) is 17.0 Å². The highest BCUT2D eigenvalue weighted by molar-refractivity contribution is 7.83. The van der Waals surface area contributed by atoms with Gasteiger partial charge in [-0.1, -0.05) is 30.1 Å². The zero-order valence-corrected chi connectivity index (χ0v) is 23.8. The van der Waals surface area contributed by atoms with Crippen LogP contribution in [0.5, 0.6) is 5.75 Å². The van der Waals surface area contributed by atoms with Crippen LogP contribution in [-0.2, 0) is 25.3 Å². The van der Waals surface area contributed by atoms with Crippen molar-refractivity contribution in [2.45, 2.75) is 49.6 Å². The molecule has 2 rings (SSSR count). The van der Waals surface area contributed by atoms with Crippen molar-refractivity contribution in [1.82, 2.24) is 14.1 Å². The fourth-order valence-electron chi connectivity index (χ4n) is 3.85. The van der Waals surface area contributed by atoms with Crippen LogP contribution in [0.2, 0.25) is 10.0 Å². The molecular formula is C24H39Cl2N3O5S. The monoisotopic (exact) mass is 551 g/mol. The summed E-state index contributed by atoms with van der Waals surface area (Å²) in [5, 5.41) is 0.538. The Bertz CT molecular complexity index is 816. The maximum Gasteiger partial charge on any atom is 0.248 e. The highest BCUT2D eigenvalue weighted by Crippen LogP contribution is 2.33. The molecule has 11 heteroatoms. The van der Waals surface area contributed by atoms with Gasteiger partial charge in [0.15, 0.2) is 0 Å². The number of hydrogen-bond donors (Lipinski definition) is 0. The van der Waals surface area contributed by atoms with E-state index in [1.807, 2.05) is 7.05 Å². The molecule has 1 atom stereocenters. The zero-order chi connectivity index (χ0) is 26.0. The van der Waals surface area contributed by atoms with Gasteiger partial charge in [-0.3, -0.25) is 4.79 Å². The largest absolute Gasteiger partial charge is 0.497 e. The first kappa shape index (κ1) is 30.3. The Morgan fingerprint density at radius 1 is 1.06 bits per heavy atom. The number of rotatable bonds is 14. The maximum atomic E-state index is 12.9. The van der Waals surface area contributed by atoms with Crippen molar-refractivity contribution < 1.29 is 23.2 Å². The standard InChI is InChI=1S/C24H39Cl2N3O5S/c1-6-27(2)11-14-34-19-9-7-18(8-10-19)29(4)23(30)17-33-13-12-28(3)35(31)24-21(25)15-20(32-5)16-22(24)26/h15-16,18-19H,6-14,17H2,1-5H3. The van der Waals surface area contributed by atoms with Crippen molar-refractivity contribution in [2.75, 3.05) is 67.7 Å². The number of nitrogens with zero attached hydrogens (tertiary/aromatic N) is 3. The van der Waals surface area contributed by atoms with Gasteiger partial charge in [-0.25, -0.2) is 8.51 Å². The van der Waals surface area contributed by atoms with E-state index in [9.17, 15) is 9.00 Å². The predicted molar refractivity (Wildman–Crippen MR) is 141 cm³/mol. The Balaban J connectivity index is 1.69. The third kappa shape index (κ3) is 9.46. The third-order valence-corrected chi connectivity index (χ3v) is 8.75. The van der Waals surface area contributed by atoms with E-state index in [1.165, 1.54) is 7.11 Å². The van der Waals surface area contributed by atoms with Crippen molar-refractivity contribution in [3.05, 3.63) is 22.2 Å². The molecule has 1 unspecified atom stereocenters. The summed E-state index contributed by atoms with van der Waals surface area (Å²) in [6, 6.07) is 3.35. The number of carbonyl (C=O) groups excluding carboxylic acids is 1. The number of ether oxygens (including phenoxy) is 3. The molecule has 1 aromatic carbocycles. The number of hydrogen-bond acceptors (Lipinski definition) is 6. The molecule has 0 bridgehead atoms. The lowest BCUT2D eigenvalue weighted by molar-refractivity contribution is -0.138. The average molecular weight is 553 g/mol. The summed E-state index contributed by atoms with van der Waals surface area (Å²) in [4.78, 5) is 16.9. The molecule has 35 heavy (non-hydrogen) atoms.